The number of ether oxygens (including phenoxy) is 1. The lowest BCUT2D eigenvalue weighted by molar-refractivity contribution is -0.143. The minimum Gasteiger partial charge on any atom is -0.456 e. The Hall–Kier alpha value is -3.51. The lowest BCUT2D eigenvalue weighted by Crippen LogP contribution is -2.34. The number of Topliss-reactive ketones (excluding diaryl/α,β-unsaturated/α-hetero) is 2. The fraction of sp³-hybridized carbons (Fsp3) is 0.125. The standard InChI is InChI=1S/C24H19ClFNO4/c25-18-8-6-17(7-9-18)23(29)15-31-24(30)21(27-20-12-10-19(26)11-13-20)14-22(28)16-4-2-1-3-5-16/h1-13,21,27H,14-15H2. The molecule has 1 atom stereocenters. The Kier molecular flexibility index (Phi) is 7.51. The number of ketones is 2. The fourth-order valence-corrected chi connectivity index (χ4v) is 2.95. The molecule has 0 aliphatic rings. The van der Waals surface area contributed by atoms with Crippen molar-refractivity contribution < 1.29 is 23.5 Å². The molecule has 0 aliphatic carbocycles. The number of benzene rings is 3. The first-order valence-corrected chi connectivity index (χ1v) is 9.86. The largest absolute Gasteiger partial charge is 0.456 e. The van der Waals surface area contributed by atoms with Crippen molar-refractivity contribution in [1.29, 1.82) is 0 Å². The molecular weight excluding hydrogens is 421 g/mol. The highest BCUT2D eigenvalue weighted by Gasteiger charge is 2.25. The second kappa shape index (κ2) is 10.5. The fourth-order valence-electron chi connectivity index (χ4n) is 2.82. The Bertz CT molecular complexity index is 1050. The molecule has 0 aromatic heterocycles. The van der Waals surface area contributed by atoms with E-state index in [1.54, 1.807) is 42.5 Å². The van der Waals surface area contributed by atoms with Gasteiger partial charge in [0.1, 0.15) is 11.9 Å². The number of halogens is 2. The van der Waals surface area contributed by atoms with Gasteiger partial charge in [0, 0.05) is 28.3 Å². The van der Waals surface area contributed by atoms with Crippen molar-refractivity contribution in [2.45, 2.75) is 12.5 Å². The van der Waals surface area contributed by atoms with Crippen LogP contribution in [0.25, 0.3) is 0 Å². The van der Waals surface area contributed by atoms with E-state index in [-0.39, 0.29) is 12.2 Å². The molecule has 7 heteroatoms. The Balaban J connectivity index is 1.70. The number of carbonyl (C=O) groups excluding carboxylic acids is 3. The SMILES string of the molecule is O=C(COC(=O)C(CC(=O)c1ccccc1)Nc1ccc(F)cc1)c1ccc(Cl)cc1. The highest BCUT2D eigenvalue weighted by atomic mass is 35.5. The first-order chi connectivity index (χ1) is 14.9. The lowest BCUT2D eigenvalue weighted by atomic mass is 10.0. The molecular formula is C24H19ClFNO4. The second-order valence-electron chi connectivity index (χ2n) is 6.73. The van der Waals surface area contributed by atoms with E-state index in [2.05, 4.69) is 5.32 Å². The van der Waals surface area contributed by atoms with Crippen LogP contribution < -0.4 is 5.32 Å². The van der Waals surface area contributed by atoms with Crippen molar-refractivity contribution in [3.05, 3.63) is 101 Å². The number of nitrogens with one attached hydrogen (secondary N) is 1. The molecule has 5 nitrogen and oxygen atoms in total. The second-order valence-corrected chi connectivity index (χ2v) is 7.17. The van der Waals surface area contributed by atoms with Gasteiger partial charge in [-0.2, -0.15) is 0 Å². The van der Waals surface area contributed by atoms with E-state index in [4.69, 9.17) is 16.3 Å². The molecule has 0 saturated heterocycles. The van der Waals surface area contributed by atoms with Gasteiger partial charge in [0.2, 0.25) is 0 Å². The maximum Gasteiger partial charge on any atom is 0.329 e. The van der Waals surface area contributed by atoms with Crippen LogP contribution in [0.1, 0.15) is 27.1 Å². The molecule has 0 saturated carbocycles. The molecule has 0 bridgehead atoms. The Morgan fingerprint density at radius 2 is 1.45 bits per heavy atom. The number of esters is 1. The van der Waals surface area contributed by atoms with Gasteiger partial charge < -0.3 is 10.1 Å². The predicted octanol–water partition coefficient (Wildman–Crippen LogP) is 4.96. The molecule has 0 radical (unpaired) electrons. The zero-order valence-electron chi connectivity index (χ0n) is 16.4. The summed E-state index contributed by atoms with van der Waals surface area (Å²) in [6.07, 6.45) is -0.199. The van der Waals surface area contributed by atoms with Gasteiger partial charge in [-0.3, -0.25) is 9.59 Å². The molecule has 31 heavy (non-hydrogen) atoms. The number of rotatable bonds is 9. The van der Waals surface area contributed by atoms with Crippen LogP contribution in [0.2, 0.25) is 5.02 Å². The summed E-state index contributed by atoms with van der Waals surface area (Å²) in [5, 5.41) is 3.37. The Labute approximate surface area is 183 Å². The molecule has 0 heterocycles. The van der Waals surface area contributed by atoms with Crippen LogP contribution in [0.15, 0.2) is 78.9 Å². The summed E-state index contributed by atoms with van der Waals surface area (Å²) in [4.78, 5) is 37.6. The monoisotopic (exact) mass is 439 g/mol. The molecule has 0 spiro atoms. The third-order valence-corrected chi connectivity index (χ3v) is 4.72. The average Bonchev–Trinajstić information content (AvgIpc) is 2.79. The topological polar surface area (TPSA) is 72.5 Å². The van der Waals surface area contributed by atoms with Gasteiger partial charge in [0.05, 0.1) is 0 Å². The Morgan fingerprint density at radius 1 is 0.839 bits per heavy atom. The van der Waals surface area contributed by atoms with Crippen LogP contribution in [-0.4, -0.2) is 30.2 Å². The van der Waals surface area contributed by atoms with Gasteiger partial charge >= 0.3 is 5.97 Å². The summed E-state index contributed by atoms with van der Waals surface area (Å²) in [5.74, 6) is -1.88. The minimum atomic E-state index is -1.06. The predicted molar refractivity (Wildman–Crippen MR) is 116 cm³/mol. The average molecular weight is 440 g/mol. The van der Waals surface area contributed by atoms with Crippen LogP contribution in [0.3, 0.4) is 0 Å². The van der Waals surface area contributed by atoms with Crippen molar-refractivity contribution in [1.82, 2.24) is 0 Å². The van der Waals surface area contributed by atoms with Crippen molar-refractivity contribution in [3.63, 3.8) is 0 Å². The zero-order valence-corrected chi connectivity index (χ0v) is 17.1. The number of hydrogen-bond acceptors (Lipinski definition) is 5. The van der Waals surface area contributed by atoms with E-state index in [0.717, 1.165) is 0 Å². The molecule has 158 valence electrons. The van der Waals surface area contributed by atoms with Gasteiger partial charge in [0.15, 0.2) is 18.2 Å². The van der Waals surface area contributed by atoms with Gasteiger partial charge in [-0.1, -0.05) is 41.9 Å². The maximum absolute atomic E-state index is 13.2. The van der Waals surface area contributed by atoms with Crippen LogP contribution in [0, 0.1) is 5.82 Å². The van der Waals surface area contributed by atoms with Crippen LogP contribution in [-0.2, 0) is 9.53 Å². The van der Waals surface area contributed by atoms with Gasteiger partial charge in [-0.15, -0.1) is 0 Å². The zero-order chi connectivity index (χ0) is 22.2. The first kappa shape index (κ1) is 22.2. The van der Waals surface area contributed by atoms with Gasteiger partial charge in [0.25, 0.3) is 0 Å². The van der Waals surface area contributed by atoms with Crippen molar-refractivity contribution in [2.75, 3.05) is 11.9 Å². The molecule has 0 amide bonds. The lowest BCUT2D eigenvalue weighted by Gasteiger charge is -2.18. The van der Waals surface area contributed by atoms with Crippen molar-refractivity contribution >= 4 is 34.8 Å². The van der Waals surface area contributed by atoms with E-state index in [1.165, 1.54) is 36.4 Å². The van der Waals surface area contributed by atoms with Gasteiger partial charge in [-0.25, -0.2) is 9.18 Å². The molecule has 1 N–H and O–H groups in total. The number of anilines is 1. The molecule has 0 fully saturated rings. The third kappa shape index (κ3) is 6.49. The molecule has 3 aromatic carbocycles. The smallest absolute Gasteiger partial charge is 0.329 e. The summed E-state index contributed by atoms with van der Waals surface area (Å²) < 4.78 is 18.4. The quantitative estimate of drug-likeness (QED) is 0.377. The molecule has 1 unspecified atom stereocenters. The molecule has 0 aliphatic heterocycles. The minimum absolute atomic E-state index is 0.199. The van der Waals surface area contributed by atoms with Crippen molar-refractivity contribution in [2.24, 2.45) is 0 Å². The highest BCUT2D eigenvalue weighted by molar-refractivity contribution is 6.30. The van der Waals surface area contributed by atoms with E-state index >= 15 is 0 Å². The van der Waals surface area contributed by atoms with Crippen molar-refractivity contribution in [3.8, 4) is 0 Å². The van der Waals surface area contributed by atoms with Gasteiger partial charge in [-0.05, 0) is 48.5 Å². The van der Waals surface area contributed by atoms with E-state index < -0.39 is 30.2 Å². The maximum atomic E-state index is 13.2. The normalized spacial score (nSPS) is 11.4. The highest BCUT2D eigenvalue weighted by Crippen LogP contribution is 2.15. The number of carbonyl (C=O) groups is 3. The summed E-state index contributed by atoms with van der Waals surface area (Å²) in [5.41, 5.74) is 1.23. The summed E-state index contributed by atoms with van der Waals surface area (Å²) in [6.45, 7) is -0.485. The van der Waals surface area contributed by atoms with E-state index in [0.29, 0.717) is 21.8 Å². The van der Waals surface area contributed by atoms with E-state index in [9.17, 15) is 18.8 Å². The van der Waals surface area contributed by atoms with Crippen LogP contribution >= 0.6 is 11.6 Å². The summed E-state index contributed by atoms with van der Waals surface area (Å²) >= 11 is 5.81. The number of hydrogen-bond donors (Lipinski definition) is 1. The molecule has 3 rings (SSSR count). The third-order valence-electron chi connectivity index (χ3n) is 4.47. The Morgan fingerprint density at radius 3 is 2.10 bits per heavy atom. The summed E-state index contributed by atoms with van der Waals surface area (Å²) in [6, 6.07) is 19.0. The van der Waals surface area contributed by atoms with Crippen LogP contribution in [0.4, 0.5) is 10.1 Å². The summed E-state index contributed by atoms with van der Waals surface area (Å²) in [7, 11) is 0. The molecule has 3 aromatic rings. The first-order valence-electron chi connectivity index (χ1n) is 9.48. The van der Waals surface area contributed by atoms with Crippen LogP contribution in [0.5, 0.6) is 0 Å². The van der Waals surface area contributed by atoms with E-state index in [1.807, 2.05) is 0 Å².